The molecule has 0 saturated heterocycles. The predicted molar refractivity (Wildman–Crippen MR) is 90.7 cm³/mol. The van der Waals surface area contributed by atoms with Crippen molar-refractivity contribution in [2.45, 2.75) is 0 Å². The molecule has 120 valence electrons. The molecule has 3 rings (SSSR count). The smallest absolute Gasteiger partial charge is 0.275 e. The van der Waals surface area contributed by atoms with Gasteiger partial charge in [-0.1, -0.05) is 23.7 Å². The Bertz CT molecular complexity index is 1010. The van der Waals surface area contributed by atoms with Crippen molar-refractivity contribution in [2.24, 2.45) is 5.10 Å². The molecule has 1 heterocycles. The van der Waals surface area contributed by atoms with E-state index in [2.05, 4.69) is 10.5 Å². The van der Waals surface area contributed by atoms with Crippen LogP contribution in [0.1, 0.15) is 15.9 Å². The lowest BCUT2D eigenvalue weighted by Crippen LogP contribution is -2.18. The molecule has 0 saturated carbocycles. The molecule has 3 aromatic rings. The Hall–Kier alpha value is -3.12. The van der Waals surface area contributed by atoms with Crippen molar-refractivity contribution < 1.29 is 14.3 Å². The molecule has 0 atom stereocenters. The molecule has 6 nitrogen and oxygen atoms in total. The minimum Gasteiger partial charge on any atom is -0.507 e. The second-order valence-electron chi connectivity index (χ2n) is 4.88. The summed E-state index contributed by atoms with van der Waals surface area (Å²) in [6, 6.07) is 10.8. The highest BCUT2D eigenvalue weighted by Gasteiger charge is 2.09. The lowest BCUT2D eigenvalue weighted by atomic mass is 10.2. The Morgan fingerprint density at radius 2 is 2.04 bits per heavy atom. The molecular formula is C17H11ClN2O4. The van der Waals surface area contributed by atoms with Gasteiger partial charge < -0.3 is 9.52 Å². The van der Waals surface area contributed by atoms with Crippen molar-refractivity contribution in [3.05, 3.63) is 75.1 Å². The number of carbonyl (C=O) groups is 1. The monoisotopic (exact) mass is 342 g/mol. The van der Waals surface area contributed by atoms with Gasteiger partial charge >= 0.3 is 0 Å². The van der Waals surface area contributed by atoms with Crippen LogP contribution in [0.25, 0.3) is 11.0 Å². The van der Waals surface area contributed by atoms with Crippen LogP contribution in [-0.4, -0.2) is 17.2 Å². The van der Waals surface area contributed by atoms with E-state index in [0.717, 1.165) is 0 Å². The van der Waals surface area contributed by atoms with E-state index in [0.29, 0.717) is 16.0 Å². The minimum absolute atomic E-state index is 0.0759. The predicted octanol–water partition coefficient (Wildman–Crippen LogP) is 2.92. The van der Waals surface area contributed by atoms with Crippen LogP contribution in [0, 0.1) is 0 Å². The average molecular weight is 343 g/mol. The Balaban J connectivity index is 1.84. The molecule has 2 N–H and O–H groups in total. The Morgan fingerprint density at radius 1 is 1.25 bits per heavy atom. The fourth-order valence-corrected chi connectivity index (χ4v) is 2.27. The molecule has 7 heteroatoms. The molecule has 0 aliphatic carbocycles. The first-order chi connectivity index (χ1) is 11.6. The molecule has 24 heavy (non-hydrogen) atoms. The van der Waals surface area contributed by atoms with E-state index < -0.39 is 5.91 Å². The van der Waals surface area contributed by atoms with E-state index >= 15 is 0 Å². The number of hydrazone groups is 1. The maximum absolute atomic E-state index is 12.3. The van der Waals surface area contributed by atoms with Crippen LogP contribution in [0.4, 0.5) is 0 Å². The Morgan fingerprint density at radius 3 is 2.83 bits per heavy atom. The largest absolute Gasteiger partial charge is 0.507 e. The van der Waals surface area contributed by atoms with E-state index in [1.165, 1.54) is 30.7 Å². The van der Waals surface area contributed by atoms with Gasteiger partial charge in [0.15, 0.2) is 0 Å². The van der Waals surface area contributed by atoms with Crippen molar-refractivity contribution in [1.82, 2.24) is 5.43 Å². The first-order valence-corrected chi connectivity index (χ1v) is 7.26. The van der Waals surface area contributed by atoms with Gasteiger partial charge in [-0.25, -0.2) is 5.43 Å². The van der Waals surface area contributed by atoms with Gasteiger partial charge in [0, 0.05) is 5.02 Å². The average Bonchev–Trinajstić information content (AvgIpc) is 2.57. The van der Waals surface area contributed by atoms with Gasteiger partial charge in [0.2, 0.25) is 5.43 Å². The van der Waals surface area contributed by atoms with Crippen LogP contribution < -0.4 is 10.9 Å². The maximum atomic E-state index is 12.3. The number of amides is 1. The number of aromatic hydroxyl groups is 1. The molecule has 0 bridgehead atoms. The van der Waals surface area contributed by atoms with Gasteiger partial charge in [0.25, 0.3) is 5.91 Å². The summed E-state index contributed by atoms with van der Waals surface area (Å²) in [4.78, 5) is 24.2. The van der Waals surface area contributed by atoms with E-state index in [-0.39, 0.29) is 22.3 Å². The lowest BCUT2D eigenvalue weighted by Gasteiger charge is -2.02. The zero-order valence-electron chi connectivity index (χ0n) is 12.2. The van der Waals surface area contributed by atoms with Gasteiger partial charge in [-0.3, -0.25) is 9.59 Å². The molecule has 0 unspecified atom stereocenters. The van der Waals surface area contributed by atoms with E-state index in [9.17, 15) is 14.7 Å². The third-order valence-electron chi connectivity index (χ3n) is 3.28. The highest BCUT2D eigenvalue weighted by Crippen LogP contribution is 2.17. The third kappa shape index (κ3) is 3.13. The molecule has 0 radical (unpaired) electrons. The Labute approximate surface area is 141 Å². The molecule has 1 aromatic heterocycles. The van der Waals surface area contributed by atoms with Gasteiger partial charge in [0.1, 0.15) is 17.6 Å². The maximum Gasteiger partial charge on any atom is 0.275 e. The van der Waals surface area contributed by atoms with Gasteiger partial charge in [-0.2, -0.15) is 5.10 Å². The normalized spacial score (nSPS) is 11.0. The van der Waals surface area contributed by atoms with Crippen LogP contribution in [0.5, 0.6) is 5.75 Å². The van der Waals surface area contributed by atoms with Crippen LogP contribution in [0.15, 0.2) is 63.0 Å². The lowest BCUT2D eigenvalue weighted by molar-refractivity contribution is 0.0952. The van der Waals surface area contributed by atoms with Crippen LogP contribution in [0.3, 0.4) is 0 Å². The topological polar surface area (TPSA) is 91.9 Å². The SMILES string of the molecule is O=C(N/N=C/c1coc2ccc(Cl)cc2c1=O)c1ccccc1O. The summed E-state index contributed by atoms with van der Waals surface area (Å²) in [5.74, 6) is -0.761. The molecule has 0 spiro atoms. The number of nitrogens with one attached hydrogen (secondary N) is 1. The number of phenols is 1. The zero-order chi connectivity index (χ0) is 17.1. The summed E-state index contributed by atoms with van der Waals surface area (Å²) in [6.07, 6.45) is 2.41. The standard InChI is InChI=1S/C17H11ClN2O4/c18-11-5-6-15-13(7-11)16(22)10(9-24-15)8-19-20-17(23)12-3-1-2-4-14(12)21/h1-9,21H,(H,20,23)/b19-8+. The summed E-state index contributed by atoms with van der Waals surface area (Å²) in [5, 5.41) is 14.0. The second kappa shape index (κ2) is 6.55. The summed E-state index contributed by atoms with van der Waals surface area (Å²) in [6.45, 7) is 0. The number of carbonyl (C=O) groups excluding carboxylic acids is 1. The number of phenolic OH excluding ortho intramolecular Hbond substituents is 1. The number of halogens is 1. The third-order valence-corrected chi connectivity index (χ3v) is 3.51. The molecular weight excluding hydrogens is 332 g/mol. The highest BCUT2D eigenvalue weighted by molar-refractivity contribution is 6.31. The van der Waals surface area contributed by atoms with Crippen molar-refractivity contribution in [3.8, 4) is 5.75 Å². The van der Waals surface area contributed by atoms with Gasteiger partial charge in [-0.05, 0) is 30.3 Å². The van der Waals surface area contributed by atoms with Crippen molar-refractivity contribution in [2.75, 3.05) is 0 Å². The van der Waals surface area contributed by atoms with Crippen molar-refractivity contribution in [3.63, 3.8) is 0 Å². The fourth-order valence-electron chi connectivity index (χ4n) is 2.09. The van der Waals surface area contributed by atoms with Gasteiger partial charge in [-0.15, -0.1) is 0 Å². The van der Waals surface area contributed by atoms with Gasteiger partial charge in [0.05, 0.1) is 22.7 Å². The summed E-state index contributed by atoms with van der Waals surface area (Å²) in [7, 11) is 0. The molecule has 1 amide bonds. The number of nitrogens with zero attached hydrogens (tertiary/aromatic N) is 1. The van der Waals surface area contributed by atoms with Crippen LogP contribution in [0.2, 0.25) is 5.02 Å². The number of hydrogen-bond acceptors (Lipinski definition) is 5. The zero-order valence-corrected chi connectivity index (χ0v) is 12.9. The molecule has 0 fully saturated rings. The van der Waals surface area contributed by atoms with Crippen LogP contribution in [-0.2, 0) is 0 Å². The Kier molecular flexibility index (Phi) is 4.31. The molecule has 2 aromatic carbocycles. The summed E-state index contributed by atoms with van der Waals surface area (Å²) >= 11 is 5.88. The quantitative estimate of drug-likeness (QED) is 0.565. The van der Waals surface area contributed by atoms with E-state index in [4.69, 9.17) is 16.0 Å². The number of fused-ring (bicyclic) bond motifs is 1. The molecule has 0 aliphatic heterocycles. The fraction of sp³-hybridized carbons (Fsp3) is 0. The minimum atomic E-state index is -0.599. The highest BCUT2D eigenvalue weighted by atomic mass is 35.5. The number of rotatable bonds is 3. The number of benzene rings is 2. The summed E-state index contributed by atoms with van der Waals surface area (Å²) in [5.41, 5.74) is 2.55. The molecule has 0 aliphatic rings. The summed E-state index contributed by atoms with van der Waals surface area (Å²) < 4.78 is 5.34. The number of para-hydroxylation sites is 1. The van der Waals surface area contributed by atoms with Crippen molar-refractivity contribution >= 4 is 34.7 Å². The first-order valence-electron chi connectivity index (χ1n) is 6.89. The van der Waals surface area contributed by atoms with E-state index in [1.54, 1.807) is 24.3 Å². The number of hydrogen-bond donors (Lipinski definition) is 2. The second-order valence-corrected chi connectivity index (χ2v) is 5.31. The van der Waals surface area contributed by atoms with E-state index in [1.807, 2.05) is 0 Å². The van der Waals surface area contributed by atoms with Crippen LogP contribution >= 0.6 is 11.6 Å². The van der Waals surface area contributed by atoms with Crippen molar-refractivity contribution in [1.29, 1.82) is 0 Å². The first kappa shape index (κ1) is 15.8.